The first-order valence-electron chi connectivity index (χ1n) is 10.8. The van der Waals surface area contributed by atoms with Gasteiger partial charge in [-0.1, -0.05) is 18.2 Å². The zero-order valence-corrected chi connectivity index (χ0v) is 18.9. The van der Waals surface area contributed by atoms with Gasteiger partial charge in [-0.3, -0.25) is 9.69 Å². The highest BCUT2D eigenvalue weighted by Gasteiger charge is 2.44. The average Bonchev–Trinajstić information content (AvgIpc) is 3.39. The molecule has 3 fully saturated rings. The van der Waals surface area contributed by atoms with E-state index in [9.17, 15) is 18.3 Å². The van der Waals surface area contributed by atoms with Crippen molar-refractivity contribution in [2.45, 2.75) is 41.6 Å². The molecule has 2 bridgehead atoms. The number of carbonyl (C=O) groups excluding carboxylic acids is 1. The fraction of sp³-hybridized carbons (Fsp3) is 0.500. The van der Waals surface area contributed by atoms with Gasteiger partial charge in [0.2, 0.25) is 15.9 Å². The Bertz CT molecular complexity index is 1100. The molecule has 3 heterocycles. The summed E-state index contributed by atoms with van der Waals surface area (Å²) in [5.74, 6) is 0.773. The van der Waals surface area contributed by atoms with Crippen molar-refractivity contribution in [3.05, 3.63) is 36.4 Å². The van der Waals surface area contributed by atoms with E-state index in [-0.39, 0.29) is 24.6 Å². The predicted molar refractivity (Wildman–Crippen MR) is 123 cm³/mol. The number of sulfonamides is 1. The Hall–Kier alpha value is -1.65. The molecule has 2 atom stereocenters. The summed E-state index contributed by atoms with van der Waals surface area (Å²) in [6, 6.07) is 10.8. The third kappa shape index (κ3) is 4.21. The van der Waals surface area contributed by atoms with E-state index >= 15 is 0 Å². The lowest BCUT2D eigenvalue weighted by Crippen LogP contribution is -2.40. The van der Waals surface area contributed by atoms with Gasteiger partial charge in [-0.15, -0.1) is 0 Å². The molecule has 5 rings (SSSR count). The number of anilines is 1. The smallest absolute Gasteiger partial charge is 0.243 e. The second-order valence-corrected chi connectivity index (χ2v) is 11.9. The van der Waals surface area contributed by atoms with Crippen LogP contribution < -0.4 is 5.32 Å². The highest BCUT2D eigenvalue weighted by molar-refractivity contribution is 8.00. The Morgan fingerprint density at radius 2 is 2.00 bits per heavy atom. The number of thioether (sulfide) groups is 1. The van der Waals surface area contributed by atoms with Crippen molar-refractivity contribution in [2.75, 3.05) is 37.2 Å². The number of aliphatic hydroxyl groups is 1. The molecule has 1 amide bonds. The van der Waals surface area contributed by atoms with Crippen LogP contribution in [-0.2, 0) is 14.8 Å². The van der Waals surface area contributed by atoms with E-state index in [4.69, 9.17) is 0 Å². The zero-order chi connectivity index (χ0) is 21.6. The Kier molecular flexibility index (Phi) is 5.72. The number of amides is 1. The van der Waals surface area contributed by atoms with Crippen LogP contribution in [0.25, 0.3) is 10.8 Å². The van der Waals surface area contributed by atoms with Crippen LogP contribution in [0.5, 0.6) is 0 Å². The zero-order valence-electron chi connectivity index (χ0n) is 17.2. The molecule has 3 saturated heterocycles. The molecular weight excluding hydrogens is 434 g/mol. The Balaban J connectivity index is 1.34. The standard InChI is InChI=1S/C22H27N3O4S2/c26-17-6-8-24(9-7-17)13-22(27)23-21-3-1-2-15-10-19(4-5-20(15)21)31(28,29)25-12-18-11-16(25)14-30-18/h1-5,10,16-18,26H,6-9,11-14H2,(H,23,27). The molecule has 166 valence electrons. The largest absolute Gasteiger partial charge is 0.393 e. The number of hydrogen-bond acceptors (Lipinski definition) is 6. The summed E-state index contributed by atoms with van der Waals surface area (Å²) < 4.78 is 28.1. The fourth-order valence-electron chi connectivity index (χ4n) is 4.80. The van der Waals surface area contributed by atoms with E-state index < -0.39 is 10.0 Å². The molecule has 3 aliphatic rings. The van der Waals surface area contributed by atoms with Gasteiger partial charge < -0.3 is 10.4 Å². The topological polar surface area (TPSA) is 90.0 Å². The Morgan fingerprint density at radius 1 is 1.19 bits per heavy atom. The first-order chi connectivity index (χ1) is 14.9. The second-order valence-electron chi connectivity index (χ2n) is 8.66. The summed E-state index contributed by atoms with van der Waals surface area (Å²) in [6.45, 7) is 2.30. The van der Waals surface area contributed by atoms with Crippen molar-refractivity contribution >= 4 is 44.2 Å². The molecule has 0 spiro atoms. The monoisotopic (exact) mass is 461 g/mol. The lowest BCUT2D eigenvalue weighted by atomic mass is 10.1. The van der Waals surface area contributed by atoms with E-state index in [0.717, 1.165) is 22.9 Å². The summed E-state index contributed by atoms with van der Waals surface area (Å²) in [6.07, 6.45) is 2.06. The first kappa shape index (κ1) is 21.2. The van der Waals surface area contributed by atoms with Gasteiger partial charge >= 0.3 is 0 Å². The third-order valence-corrected chi connectivity index (χ3v) is 9.81. The number of aliphatic hydroxyl groups excluding tert-OH is 1. The number of piperidine rings is 1. The number of benzene rings is 2. The van der Waals surface area contributed by atoms with Crippen molar-refractivity contribution in [1.29, 1.82) is 0 Å². The lowest BCUT2D eigenvalue weighted by Gasteiger charge is -2.28. The molecule has 0 aromatic heterocycles. The van der Waals surface area contributed by atoms with Gasteiger partial charge in [-0.05, 0) is 42.8 Å². The summed E-state index contributed by atoms with van der Waals surface area (Å²) in [7, 11) is -3.52. The van der Waals surface area contributed by atoms with Gasteiger partial charge in [0.1, 0.15) is 0 Å². The summed E-state index contributed by atoms with van der Waals surface area (Å²) in [5.41, 5.74) is 0.681. The normalized spacial score (nSPS) is 25.3. The van der Waals surface area contributed by atoms with Crippen LogP contribution in [0.15, 0.2) is 41.3 Å². The van der Waals surface area contributed by atoms with E-state index in [1.54, 1.807) is 22.5 Å². The van der Waals surface area contributed by atoms with Crippen molar-refractivity contribution in [3.63, 3.8) is 0 Å². The average molecular weight is 462 g/mol. The van der Waals surface area contributed by atoms with Crippen LogP contribution in [-0.4, -0.2) is 78.0 Å². The molecule has 2 aromatic rings. The lowest BCUT2D eigenvalue weighted by molar-refractivity contribution is -0.117. The molecular formula is C22H27N3O4S2. The van der Waals surface area contributed by atoms with Crippen molar-refractivity contribution in [2.24, 2.45) is 0 Å². The molecule has 2 unspecified atom stereocenters. The molecule has 0 aliphatic carbocycles. The van der Waals surface area contributed by atoms with Gasteiger partial charge in [0, 0.05) is 47.8 Å². The van der Waals surface area contributed by atoms with Gasteiger partial charge in [0.15, 0.2) is 0 Å². The minimum atomic E-state index is -3.52. The summed E-state index contributed by atoms with van der Waals surface area (Å²) in [5, 5.41) is 14.6. The maximum atomic E-state index is 13.2. The molecule has 9 heteroatoms. The molecule has 0 saturated carbocycles. The van der Waals surface area contributed by atoms with Gasteiger partial charge in [-0.2, -0.15) is 16.1 Å². The first-order valence-corrected chi connectivity index (χ1v) is 13.3. The number of likely N-dealkylation sites (tertiary alicyclic amines) is 1. The highest BCUT2D eigenvalue weighted by atomic mass is 32.2. The number of nitrogens with zero attached hydrogens (tertiary/aromatic N) is 2. The summed E-state index contributed by atoms with van der Waals surface area (Å²) in [4.78, 5) is 14.9. The van der Waals surface area contributed by atoms with Crippen molar-refractivity contribution < 1.29 is 18.3 Å². The van der Waals surface area contributed by atoms with E-state index in [1.165, 1.54) is 0 Å². The van der Waals surface area contributed by atoms with Gasteiger partial charge in [0.25, 0.3) is 0 Å². The SMILES string of the molecule is O=C(CN1CCC(O)CC1)Nc1cccc2cc(S(=O)(=O)N3CC4CC3CS4)ccc12. The van der Waals surface area contributed by atoms with E-state index in [1.807, 2.05) is 34.9 Å². The highest BCUT2D eigenvalue weighted by Crippen LogP contribution is 2.40. The fourth-order valence-corrected chi connectivity index (χ4v) is 8.13. The number of fused-ring (bicyclic) bond motifs is 3. The molecule has 7 nitrogen and oxygen atoms in total. The molecule has 2 aromatic carbocycles. The van der Waals surface area contributed by atoms with Crippen molar-refractivity contribution in [1.82, 2.24) is 9.21 Å². The van der Waals surface area contributed by atoms with Gasteiger partial charge in [0.05, 0.1) is 17.5 Å². The number of rotatable bonds is 5. The molecule has 0 radical (unpaired) electrons. The molecule has 2 N–H and O–H groups in total. The third-order valence-electron chi connectivity index (χ3n) is 6.51. The van der Waals surface area contributed by atoms with Gasteiger partial charge in [-0.25, -0.2) is 8.42 Å². The van der Waals surface area contributed by atoms with Crippen molar-refractivity contribution in [3.8, 4) is 0 Å². The minimum Gasteiger partial charge on any atom is -0.393 e. The quantitative estimate of drug-likeness (QED) is 0.709. The Morgan fingerprint density at radius 3 is 2.71 bits per heavy atom. The van der Waals surface area contributed by atoms with Crippen LogP contribution in [0.4, 0.5) is 5.69 Å². The van der Waals surface area contributed by atoms with Crippen LogP contribution in [0.2, 0.25) is 0 Å². The Labute approximate surface area is 186 Å². The molecule has 3 aliphatic heterocycles. The number of carbonyl (C=O) groups is 1. The maximum Gasteiger partial charge on any atom is 0.243 e. The van der Waals surface area contributed by atoms with Crippen LogP contribution in [0.1, 0.15) is 19.3 Å². The predicted octanol–water partition coefficient (Wildman–Crippen LogP) is 2.11. The number of hydrogen-bond donors (Lipinski definition) is 2. The molecule has 31 heavy (non-hydrogen) atoms. The number of nitrogens with one attached hydrogen (secondary N) is 1. The minimum absolute atomic E-state index is 0.105. The summed E-state index contributed by atoms with van der Waals surface area (Å²) >= 11 is 1.87. The van der Waals surface area contributed by atoms with Crippen LogP contribution >= 0.6 is 11.8 Å². The van der Waals surface area contributed by atoms with E-state index in [2.05, 4.69) is 5.32 Å². The van der Waals surface area contributed by atoms with Crippen LogP contribution in [0.3, 0.4) is 0 Å². The van der Waals surface area contributed by atoms with E-state index in [0.29, 0.717) is 48.3 Å². The van der Waals surface area contributed by atoms with Crippen LogP contribution in [0, 0.1) is 0 Å². The second kappa shape index (κ2) is 8.37. The maximum absolute atomic E-state index is 13.2.